The number of hydrogen-bond donors (Lipinski definition) is 1. The second-order valence-electron chi connectivity index (χ2n) is 7.59. The van der Waals surface area contributed by atoms with Crippen LogP contribution in [0.4, 0.5) is 4.79 Å². The van der Waals surface area contributed by atoms with Gasteiger partial charge in [0.1, 0.15) is 0 Å². The lowest BCUT2D eigenvalue weighted by atomic mass is 9.99. The van der Waals surface area contributed by atoms with E-state index < -0.39 is 23.1 Å². The molecular weight excluding hydrogens is 272 g/mol. The predicted molar refractivity (Wildman–Crippen MR) is 78.1 cm³/mol. The highest BCUT2D eigenvalue weighted by Gasteiger charge is 2.44. The fourth-order valence-electron chi connectivity index (χ4n) is 3.57. The van der Waals surface area contributed by atoms with Crippen LogP contribution in [0, 0.1) is 11.8 Å². The Labute approximate surface area is 126 Å². The number of carbonyl (C=O) groups excluding carboxylic acids is 1. The van der Waals surface area contributed by atoms with Crippen LogP contribution in [-0.4, -0.2) is 64.3 Å². The molecule has 0 aromatic rings. The van der Waals surface area contributed by atoms with Crippen LogP contribution in [0.2, 0.25) is 0 Å². The SMILES string of the molecule is C[C@@H]1CN(C(=O)N2CC(C)(C)OC(C)(C)C2)C[C@H]1C(=O)O. The van der Waals surface area contributed by atoms with E-state index in [1.54, 1.807) is 9.80 Å². The molecule has 6 nitrogen and oxygen atoms in total. The molecule has 21 heavy (non-hydrogen) atoms. The Hall–Kier alpha value is -1.30. The van der Waals surface area contributed by atoms with E-state index in [9.17, 15) is 14.7 Å². The summed E-state index contributed by atoms with van der Waals surface area (Å²) in [6.45, 7) is 11.6. The molecule has 1 N–H and O–H groups in total. The molecular formula is C15H26N2O4. The van der Waals surface area contributed by atoms with Crippen molar-refractivity contribution in [2.75, 3.05) is 26.2 Å². The summed E-state index contributed by atoms with van der Waals surface area (Å²) in [4.78, 5) is 27.3. The van der Waals surface area contributed by atoms with Gasteiger partial charge in [0, 0.05) is 13.1 Å². The topological polar surface area (TPSA) is 70.1 Å². The zero-order valence-electron chi connectivity index (χ0n) is 13.5. The van der Waals surface area contributed by atoms with Gasteiger partial charge in [-0.15, -0.1) is 0 Å². The average molecular weight is 298 g/mol. The Morgan fingerprint density at radius 1 is 1.05 bits per heavy atom. The molecule has 0 saturated carbocycles. The van der Waals surface area contributed by atoms with Gasteiger partial charge in [-0.05, 0) is 33.6 Å². The van der Waals surface area contributed by atoms with Crippen LogP contribution in [0.1, 0.15) is 34.6 Å². The fourth-order valence-corrected chi connectivity index (χ4v) is 3.57. The maximum atomic E-state index is 12.7. The molecule has 2 heterocycles. The number of aliphatic carboxylic acids is 1. The zero-order valence-corrected chi connectivity index (χ0v) is 13.5. The Morgan fingerprint density at radius 2 is 1.57 bits per heavy atom. The number of ether oxygens (including phenoxy) is 1. The van der Waals surface area contributed by atoms with Gasteiger partial charge in [0.05, 0.1) is 30.2 Å². The van der Waals surface area contributed by atoms with Crippen molar-refractivity contribution < 1.29 is 19.4 Å². The predicted octanol–water partition coefficient (Wildman–Crippen LogP) is 1.65. The number of nitrogens with zero attached hydrogens (tertiary/aromatic N) is 2. The number of rotatable bonds is 1. The molecule has 2 fully saturated rings. The number of hydrogen-bond acceptors (Lipinski definition) is 3. The maximum Gasteiger partial charge on any atom is 0.320 e. The molecule has 2 atom stereocenters. The first-order valence-electron chi connectivity index (χ1n) is 7.48. The van der Waals surface area contributed by atoms with Gasteiger partial charge in [-0.1, -0.05) is 6.92 Å². The number of urea groups is 1. The zero-order chi connectivity index (χ0) is 16.0. The molecule has 6 heteroatoms. The average Bonchev–Trinajstić information content (AvgIpc) is 2.66. The third-order valence-electron chi connectivity index (χ3n) is 4.17. The van der Waals surface area contributed by atoms with Crippen molar-refractivity contribution in [1.82, 2.24) is 9.80 Å². The van der Waals surface area contributed by atoms with E-state index in [0.717, 1.165) is 0 Å². The number of morpholine rings is 1. The molecule has 0 unspecified atom stereocenters. The molecule has 0 aliphatic carbocycles. The summed E-state index contributed by atoms with van der Waals surface area (Å²) in [6.07, 6.45) is 0. The number of carbonyl (C=O) groups is 2. The summed E-state index contributed by atoms with van der Waals surface area (Å²) in [7, 11) is 0. The van der Waals surface area contributed by atoms with Gasteiger partial charge >= 0.3 is 12.0 Å². The summed E-state index contributed by atoms with van der Waals surface area (Å²) in [5.74, 6) is -1.29. The summed E-state index contributed by atoms with van der Waals surface area (Å²) in [5.41, 5.74) is -0.788. The van der Waals surface area contributed by atoms with Gasteiger partial charge in [0.15, 0.2) is 0 Å². The van der Waals surface area contributed by atoms with E-state index in [1.165, 1.54) is 0 Å². The van der Waals surface area contributed by atoms with Gasteiger partial charge < -0.3 is 19.6 Å². The largest absolute Gasteiger partial charge is 0.481 e. The summed E-state index contributed by atoms with van der Waals surface area (Å²) >= 11 is 0. The minimum atomic E-state index is -0.819. The quantitative estimate of drug-likeness (QED) is 0.799. The van der Waals surface area contributed by atoms with Gasteiger partial charge in [-0.3, -0.25) is 4.79 Å². The van der Waals surface area contributed by atoms with Gasteiger partial charge in [-0.25, -0.2) is 4.79 Å². The molecule has 0 bridgehead atoms. The highest BCUT2D eigenvalue weighted by molar-refractivity contribution is 5.78. The first kappa shape index (κ1) is 16.1. The van der Waals surface area contributed by atoms with Crippen LogP contribution in [-0.2, 0) is 9.53 Å². The molecule has 0 aromatic heterocycles. The minimum Gasteiger partial charge on any atom is -0.481 e. The van der Waals surface area contributed by atoms with Crippen LogP contribution in [0.15, 0.2) is 0 Å². The maximum absolute atomic E-state index is 12.7. The van der Waals surface area contributed by atoms with Gasteiger partial charge in [0.25, 0.3) is 0 Å². The van der Waals surface area contributed by atoms with Crippen LogP contribution < -0.4 is 0 Å². The smallest absolute Gasteiger partial charge is 0.320 e. The van der Waals surface area contributed by atoms with Crippen LogP contribution in [0.5, 0.6) is 0 Å². The molecule has 2 saturated heterocycles. The van der Waals surface area contributed by atoms with Crippen LogP contribution in [0.25, 0.3) is 0 Å². The van der Waals surface area contributed by atoms with Crippen LogP contribution in [0.3, 0.4) is 0 Å². The number of carboxylic acid groups (broad SMARTS) is 1. The first-order valence-corrected chi connectivity index (χ1v) is 7.48. The Balaban J connectivity index is 2.08. The van der Waals surface area contributed by atoms with Crippen molar-refractivity contribution in [3.8, 4) is 0 Å². The summed E-state index contributed by atoms with van der Waals surface area (Å²) < 4.78 is 5.98. The minimum absolute atomic E-state index is 0.00601. The lowest BCUT2D eigenvalue weighted by Gasteiger charge is -2.47. The van der Waals surface area contributed by atoms with Crippen molar-refractivity contribution in [3.05, 3.63) is 0 Å². The first-order chi connectivity index (χ1) is 9.51. The lowest BCUT2D eigenvalue weighted by Crippen LogP contribution is -2.60. The molecule has 120 valence electrons. The molecule has 2 amide bonds. The summed E-state index contributed by atoms with van der Waals surface area (Å²) in [6, 6.07) is -0.0740. The van der Waals surface area contributed by atoms with E-state index >= 15 is 0 Å². The van der Waals surface area contributed by atoms with Gasteiger partial charge in [-0.2, -0.15) is 0 Å². The number of carboxylic acids is 1. The lowest BCUT2D eigenvalue weighted by molar-refractivity contribution is -0.171. The van der Waals surface area contributed by atoms with E-state index in [1.807, 2.05) is 34.6 Å². The van der Waals surface area contributed by atoms with E-state index in [4.69, 9.17) is 4.74 Å². The van der Waals surface area contributed by atoms with E-state index in [2.05, 4.69) is 0 Å². The standard InChI is InChI=1S/C15H26N2O4/c1-10-6-16(7-11(10)12(18)19)13(20)17-8-14(2,3)21-15(4,5)9-17/h10-11H,6-9H2,1-5H3,(H,18,19)/t10-,11-/m1/s1. The van der Waals surface area contributed by atoms with Crippen molar-refractivity contribution in [3.63, 3.8) is 0 Å². The molecule has 2 aliphatic rings. The second kappa shape index (κ2) is 5.16. The number of likely N-dealkylation sites (tertiary alicyclic amines) is 1. The molecule has 0 radical (unpaired) electrons. The Morgan fingerprint density at radius 3 is 2.00 bits per heavy atom. The van der Waals surface area contributed by atoms with Crippen LogP contribution >= 0.6 is 0 Å². The van der Waals surface area contributed by atoms with Crippen molar-refractivity contribution in [2.45, 2.75) is 45.8 Å². The number of amides is 2. The molecule has 0 spiro atoms. The third kappa shape index (κ3) is 3.48. The highest BCUT2D eigenvalue weighted by Crippen LogP contribution is 2.30. The molecule has 2 aliphatic heterocycles. The highest BCUT2D eigenvalue weighted by atomic mass is 16.5. The Kier molecular flexibility index (Phi) is 3.95. The summed E-state index contributed by atoms with van der Waals surface area (Å²) in [5, 5.41) is 9.19. The normalized spacial score (nSPS) is 31.3. The molecule has 2 rings (SSSR count). The van der Waals surface area contributed by atoms with E-state index in [0.29, 0.717) is 26.2 Å². The molecule has 0 aromatic carbocycles. The van der Waals surface area contributed by atoms with Crippen molar-refractivity contribution in [1.29, 1.82) is 0 Å². The van der Waals surface area contributed by atoms with Gasteiger partial charge in [0.2, 0.25) is 0 Å². The third-order valence-corrected chi connectivity index (χ3v) is 4.17. The second-order valence-corrected chi connectivity index (χ2v) is 7.59. The van der Waals surface area contributed by atoms with Crippen molar-refractivity contribution >= 4 is 12.0 Å². The van der Waals surface area contributed by atoms with Crippen molar-refractivity contribution in [2.24, 2.45) is 11.8 Å². The monoisotopic (exact) mass is 298 g/mol. The Bertz CT molecular complexity index is 431. The fraction of sp³-hybridized carbons (Fsp3) is 0.867. The van der Waals surface area contributed by atoms with E-state index in [-0.39, 0.29) is 11.9 Å².